The van der Waals surface area contributed by atoms with E-state index in [2.05, 4.69) is 0 Å². The Morgan fingerprint density at radius 3 is 2.45 bits per heavy atom. The first-order valence-electron chi connectivity index (χ1n) is 13.3. The third-order valence-electron chi connectivity index (χ3n) is 9.06. The quantitative estimate of drug-likeness (QED) is 0.208. The van der Waals surface area contributed by atoms with Crippen molar-refractivity contribution in [2.75, 3.05) is 0 Å². The highest BCUT2D eigenvalue weighted by Gasteiger charge is 2.72. The topological polar surface area (TPSA) is 111 Å². The van der Waals surface area contributed by atoms with Crippen molar-refractivity contribution in [1.29, 1.82) is 0 Å². The first kappa shape index (κ1) is 31.3. The highest BCUT2D eigenvalue weighted by Crippen LogP contribution is 2.73. The van der Waals surface area contributed by atoms with Gasteiger partial charge in [-0.05, 0) is 37.7 Å². The van der Waals surface area contributed by atoms with Gasteiger partial charge in [0.1, 0.15) is 16.2 Å². The highest BCUT2D eigenvalue weighted by atomic mass is 35.5. The van der Waals surface area contributed by atoms with Crippen LogP contribution in [0.1, 0.15) is 84.3 Å². The van der Waals surface area contributed by atoms with Gasteiger partial charge in [-0.2, -0.15) is 4.73 Å². The van der Waals surface area contributed by atoms with Crippen LogP contribution in [0.25, 0.3) is 6.08 Å². The number of aryl methyl sites for hydroxylation is 1. The average Bonchev–Trinajstić information content (AvgIpc) is 3.05. The maximum Gasteiger partial charge on any atom is 0.309 e. The number of hydrogen-bond acceptors (Lipinski definition) is 7. The number of cyclic esters (lactones) is 1. The molecule has 2 aliphatic rings. The lowest BCUT2D eigenvalue weighted by molar-refractivity contribution is -0.608. The molecule has 1 aromatic rings. The van der Waals surface area contributed by atoms with E-state index >= 15 is 0 Å². The van der Waals surface area contributed by atoms with Crippen molar-refractivity contribution < 1.29 is 29.3 Å². The van der Waals surface area contributed by atoms with Crippen molar-refractivity contribution in [3.8, 4) is 0 Å². The number of ketones is 1. The maximum atomic E-state index is 13.3. The number of carbonyl (C=O) groups excluding carboxylic acids is 2. The number of rotatable bonds is 2. The van der Waals surface area contributed by atoms with Gasteiger partial charge in [0.05, 0.1) is 29.4 Å². The minimum absolute atomic E-state index is 0.147. The number of nitrogens with zero attached hydrogens (tertiary/aromatic N) is 1. The molecule has 2 fully saturated rings. The zero-order chi connectivity index (χ0) is 28.8. The lowest BCUT2D eigenvalue weighted by Gasteiger charge is -2.34. The highest BCUT2D eigenvalue weighted by molar-refractivity contribution is 7.09. The molecule has 1 aliphatic carbocycles. The van der Waals surface area contributed by atoms with Crippen LogP contribution in [0.3, 0.4) is 0 Å². The largest absolute Gasteiger partial charge is 0.617 e. The molecule has 38 heavy (non-hydrogen) atoms. The standard InChI is InChI=1S/C28H41Cl2NO6S/c1-15-9-8-10-27(7)21(28(27,29)30)12-20(16(2)11-19-14-38-18(4)31(19)36)37-23(33)13-22(32)26(5,6)25(35)17(3)24(15)34/h11,14-15,17,20-22,24,32,34H,8-10,12-13H2,1-7H3/b16-11+/t15-,17+,20-,21-,22-,24-,27+/m0/s1. The first-order chi connectivity index (χ1) is 17.4. The van der Waals surface area contributed by atoms with E-state index in [0.29, 0.717) is 35.5 Å². The van der Waals surface area contributed by atoms with Crippen LogP contribution in [0.2, 0.25) is 0 Å². The molecule has 0 bridgehead atoms. The number of aliphatic hydroxyl groups excluding tert-OH is 2. The third kappa shape index (κ3) is 5.95. The number of thiazole rings is 1. The van der Waals surface area contributed by atoms with Crippen LogP contribution in [-0.4, -0.2) is 44.6 Å². The van der Waals surface area contributed by atoms with Gasteiger partial charge in [-0.3, -0.25) is 9.59 Å². The number of aromatic nitrogens is 1. The Balaban J connectivity index is 1.95. The third-order valence-corrected chi connectivity index (χ3v) is 11.3. The summed E-state index contributed by atoms with van der Waals surface area (Å²) in [5.74, 6) is -2.00. The van der Waals surface area contributed by atoms with Crippen molar-refractivity contribution >= 4 is 52.4 Å². The Morgan fingerprint density at radius 1 is 1.24 bits per heavy atom. The van der Waals surface area contributed by atoms with E-state index in [1.54, 1.807) is 46.1 Å². The second kappa shape index (κ2) is 11.4. The molecule has 7 nitrogen and oxygen atoms in total. The summed E-state index contributed by atoms with van der Waals surface area (Å²) >= 11 is 14.9. The molecule has 2 N–H and O–H groups in total. The van der Waals surface area contributed by atoms with E-state index < -0.39 is 51.8 Å². The first-order valence-corrected chi connectivity index (χ1v) is 14.9. The Kier molecular flexibility index (Phi) is 9.37. The molecule has 10 heteroatoms. The lowest BCUT2D eigenvalue weighted by atomic mass is 9.73. The summed E-state index contributed by atoms with van der Waals surface area (Å²) in [6, 6.07) is 0. The summed E-state index contributed by atoms with van der Waals surface area (Å²) in [7, 11) is 0. The van der Waals surface area contributed by atoms with E-state index in [0.717, 1.165) is 11.2 Å². The zero-order valence-electron chi connectivity index (χ0n) is 23.3. The number of hydrogen-bond donors (Lipinski definition) is 2. The van der Waals surface area contributed by atoms with Gasteiger partial charge in [-0.15, -0.1) is 23.2 Å². The van der Waals surface area contributed by atoms with Crippen molar-refractivity contribution in [1.82, 2.24) is 0 Å². The van der Waals surface area contributed by atoms with Gasteiger partial charge in [-0.1, -0.05) is 52.4 Å². The molecule has 3 rings (SSSR count). The number of esters is 1. The summed E-state index contributed by atoms with van der Waals surface area (Å²) in [4.78, 5) is 26.4. The summed E-state index contributed by atoms with van der Waals surface area (Å²) in [5, 5.41) is 36.6. The van der Waals surface area contributed by atoms with Crippen molar-refractivity contribution in [3.63, 3.8) is 0 Å². The van der Waals surface area contributed by atoms with E-state index in [1.165, 1.54) is 11.3 Å². The number of Topliss-reactive ketones (excluding diaryl/α,β-unsaturated/α-hetero) is 1. The predicted octanol–water partition coefficient (Wildman–Crippen LogP) is 5.37. The van der Waals surface area contributed by atoms with Gasteiger partial charge in [0.25, 0.3) is 0 Å². The molecule has 0 radical (unpaired) electrons. The zero-order valence-corrected chi connectivity index (χ0v) is 25.6. The Morgan fingerprint density at radius 2 is 1.87 bits per heavy atom. The number of carbonyl (C=O) groups is 2. The molecular formula is C28H41Cl2NO6S. The monoisotopic (exact) mass is 589 g/mol. The summed E-state index contributed by atoms with van der Waals surface area (Å²) in [5.41, 5.74) is -0.586. The Hall–Kier alpha value is -1.19. The van der Waals surface area contributed by atoms with Gasteiger partial charge in [0, 0.05) is 30.3 Å². The van der Waals surface area contributed by atoms with E-state index in [4.69, 9.17) is 27.9 Å². The van der Waals surface area contributed by atoms with Crippen LogP contribution in [0.5, 0.6) is 0 Å². The summed E-state index contributed by atoms with van der Waals surface area (Å²) in [6.45, 7) is 12.3. The average molecular weight is 591 g/mol. The second-order valence-electron chi connectivity index (χ2n) is 12.1. The number of fused-ring (bicyclic) bond motifs is 1. The molecule has 0 amide bonds. The summed E-state index contributed by atoms with van der Waals surface area (Å²) in [6.07, 6.45) is 0.907. The smallest absolute Gasteiger partial charge is 0.309 e. The predicted molar refractivity (Wildman–Crippen MR) is 150 cm³/mol. The molecule has 214 valence electrons. The number of ether oxygens (including phenoxy) is 1. The minimum Gasteiger partial charge on any atom is -0.617 e. The Labute approximate surface area is 239 Å². The van der Waals surface area contributed by atoms with Gasteiger partial charge in [0.2, 0.25) is 10.7 Å². The van der Waals surface area contributed by atoms with E-state index in [1.807, 2.05) is 13.8 Å². The van der Waals surface area contributed by atoms with Gasteiger partial charge in [0.15, 0.2) is 0 Å². The lowest BCUT2D eigenvalue weighted by Crippen LogP contribution is -2.45. The maximum absolute atomic E-state index is 13.3. The fourth-order valence-electron chi connectivity index (χ4n) is 5.79. The molecule has 1 aromatic heterocycles. The van der Waals surface area contributed by atoms with E-state index in [-0.39, 0.29) is 17.6 Å². The number of halogens is 2. The van der Waals surface area contributed by atoms with Crippen LogP contribution >= 0.6 is 34.5 Å². The fourth-order valence-corrected chi connectivity index (χ4v) is 7.45. The normalized spacial score (nSPS) is 36.9. The molecule has 1 saturated heterocycles. The van der Waals surface area contributed by atoms with Crippen LogP contribution in [-0.2, 0) is 14.3 Å². The summed E-state index contributed by atoms with van der Waals surface area (Å²) < 4.78 is 5.69. The molecule has 0 spiro atoms. The molecule has 0 aromatic carbocycles. The van der Waals surface area contributed by atoms with E-state index in [9.17, 15) is 25.0 Å². The SMILES string of the molecule is C/C(=C\c1csc(C)[n+]1[O-])[C@@H]1C[C@@H]2C(Cl)(Cl)[C@]2(C)CCC[C@H](C)[C@H](O)[C@@H](C)C(=O)C(C)(C)[C@@H](O)CC(=O)O1. The van der Waals surface area contributed by atoms with Gasteiger partial charge in [-0.25, -0.2) is 0 Å². The van der Waals surface area contributed by atoms with Gasteiger partial charge < -0.3 is 20.2 Å². The molecule has 1 aliphatic heterocycles. The number of alkyl halides is 2. The molecular weight excluding hydrogens is 549 g/mol. The van der Waals surface area contributed by atoms with Crippen LogP contribution in [0.4, 0.5) is 0 Å². The van der Waals surface area contributed by atoms with Crippen LogP contribution in [0.15, 0.2) is 11.0 Å². The van der Waals surface area contributed by atoms with Crippen LogP contribution in [0, 0.1) is 40.7 Å². The molecule has 1 saturated carbocycles. The minimum atomic E-state index is -1.31. The van der Waals surface area contributed by atoms with Crippen molar-refractivity contribution in [2.24, 2.45) is 28.6 Å². The van der Waals surface area contributed by atoms with Gasteiger partial charge >= 0.3 is 5.97 Å². The number of aliphatic hydroxyl groups is 2. The van der Waals surface area contributed by atoms with Crippen LogP contribution < -0.4 is 4.73 Å². The van der Waals surface area contributed by atoms with Crippen molar-refractivity contribution in [3.05, 3.63) is 26.9 Å². The Bertz CT molecular complexity index is 1090. The molecule has 7 atom stereocenters. The van der Waals surface area contributed by atoms with Crippen molar-refractivity contribution in [2.45, 2.75) is 103 Å². The fraction of sp³-hybridized carbons (Fsp3) is 0.750. The second-order valence-corrected chi connectivity index (χ2v) is 14.6. The molecule has 0 unspecified atom stereocenters. The molecule has 2 heterocycles.